The molecule has 0 aromatic rings. The number of aliphatic hydroxyl groups is 1. The van der Waals surface area contributed by atoms with Gasteiger partial charge >= 0.3 is 0 Å². The highest BCUT2D eigenvalue weighted by Gasteiger charge is 2.46. The molecule has 0 spiro atoms. The van der Waals surface area contributed by atoms with E-state index in [-0.39, 0.29) is 52.2 Å². The van der Waals surface area contributed by atoms with E-state index in [9.17, 15) is 5.11 Å². The average molecular weight is 563 g/mol. The smallest absolute Gasteiger partial charge is 0.192 e. The topological polar surface area (TPSA) is 60.5 Å². The standard InChI is InChI=1S/C28H62O5Si3/c1-21(31-34(11,12)26(2,3)4)17-22(32-35(13,14)27(5,6)7)18-23(19-24-25(20-29)30-24)33-36(15,16)28(8,9)10/h21-25,29H,17-20H2,1-16H3/t21-,22-,23-,24-,25-/m0/s1. The van der Waals surface area contributed by atoms with E-state index in [0.29, 0.717) is 0 Å². The van der Waals surface area contributed by atoms with Crippen LogP contribution in [0.5, 0.6) is 0 Å². The summed E-state index contributed by atoms with van der Waals surface area (Å²) in [4.78, 5) is 0. The Morgan fingerprint density at radius 2 is 1.03 bits per heavy atom. The van der Waals surface area contributed by atoms with Crippen LogP contribution in [0.4, 0.5) is 0 Å². The van der Waals surface area contributed by atoms with Crippen molar-refractivity contribution in [1.29, 1.82) is 0 Å². The molecule has 8 heteroatoms. The van der Waals surface area contributed by atoms with Crippen molar-refractivity contribution in [2.24, 2.45) is 0 Å². The molecule has 0 aliphatic carbocycles. The molecular formula is C28H62O5Si3. The van der Waals surface area contributed by atoms with Crippen LogP contribution in [0.25, 0.3) is 0 Å². The third-order valence-electron chi connectivity index (χ3n) is 9.32. The molecule has 1 heterocycles. The third-order valence-corrected chi connectivity index (χ3v) is 23.0. The Morgan fingerprint density at radius 3 is 1.39 bits per heavy atom. The Bertz CT molecular complexity index is 689. The van der Waals surface area contributed by atoms with Crippen molar-refractivity contribution in [3.8, 4) is 0 Å². The zero-order valence-corrected chi connectivity index (χ0v) is 29.8. The maximum absolute atomic E-state index is 9.58. The van der Waals surface area contributed by atoms with Gasteiger partial charge in [-0.3, -0.25) is 0 Å². The van der Waals surface area contributed by atoms with E-state index < -0.39 is 25.0 Å². The minimum atomic E-state index is -2.00. The molecule has 0 saturated carbocycles. The number of ether oxygens (including phenoxy) is 1. The van der Waals surface area contributed by atoms with Crippen LogP contribution in [-0.2, 0) is 18.0 Å². The summed E-state index contributed by atoms with van der Waals surface area (Å²) in [5.74, 6) is 0. The van der Waals surface area contributed by atoms with E-state index in [1.165, 1.54) is 0 Å². The van der Waals surface area contributed by atoms with Gasteiger partial charge in [0.25, 0.3) is 0 Å². The van der Waals surface area contributed by atoms with Gasteiger partial charge in [-0.25, -0.2) is 0 Å². The van der Waals surface area contributed by atoms with Gasteiger partial charge in [0.05, 0.1) is 18.8 Å². The van der Waals surface area contributed by atoms with Gasteiger partial charge in [-0.15, -0.1) is 0 Å². The molecule has 0 aromatic carbocycles. The van der Waals surface area contributed by atoms with E-state index in [1.807, 2.05) is 0 Å². The van der Waals surface area contributed by atoms with E-state index in [0.717, 1.165) is 19.3 Å². The fourth-order valence-electron chi connectivity index (χ4n) is 3.77. The molecule has 1 saturated heterocycles. The van der Waals surface area contributed by atoms with E-state index in [4.69, 9.17) is 18.0 Å². The zero-order valence-electron chi connectivity index (χ0n) is 26.8. The first-order chi connectivity index (χ1) is 15.8. The highest BCUT2D eigenvalue weighted by atomic mass is 28.4. The van der Waals surface area contributed by atoms with Crippen LogP contribution >= 0.6 is 0 Å². The normalized spacial score (nSPS) is 22.9. The highest BCUT2D eigenvalue weighted by molar-refractivity contribution is 6.75. The molecule has 216 valence electrons. The molecule has 5 nitrogen and oxygen atoms in total. The lowest BCUT2D eigenvalue weighted by atomic mass is 10.0. The second-order valence-corrected chi connectivity index (χ2v) is 30.1. The van der Waals surface area contributed by atoms with Gasteiger partial charge in [0.2, 0.25) is 0 Å². The van der Waals surface area contributed by atoms with Crippen LogP contribution in [-0.4, -0.2) is 67.2 Å². The number of hydrogen-bond donors (Lipinski definition) is 1. The predicted octanol–water partition coefficient (Wildman–Crippen LogP) is 8.11. The molecule has 0 amide bonds. The van der Waals surface area contributed by atoms with Crippen molar-refractivity contribution in [2.75, 3.05) is 6.61 Å². The minimum Gasteiger partial charge on any atom is -0.414 e. The summed E-state index contributed by atoms with van der Waals surface area (Å²) in [6.07, 6.45) is 2.78. The molecule has 0 bridgehead atoms. The van der Waals surface area contributed by atoms with Gasteiger partial charge in [0, 0.05) is 18.6 Å². The van der Waals surface area contributed by atoms with Crippen molar-refractivity contribution < 1.29 is 23.1 Å². The van der Waals surface area contributed by atoms with Crippen molar-refractivity contribution in [3.63, 3.8) is 0 Å². The van der Waals surface area contributed by atoms with Crippen LogP contribution in [0.2, 0.25) is 54.4 Å². The van der Waals surface area contributed by atoms with Crippen molar-refractivity contribution in [1.82, 2.24) is 0 Å². The molecule has 1 N–H and O–H groups in total. The maximum atomic E-state index is 9.58. The molecule has 1 aliphatic heterocycles. The monoisotopic (exact) mass is 562 g/mol. The molecule has 0 unspecified atom stereocenters. The van der Waals surface area contributed by atoms with Gasteiger partial charge < -0.3 is 23.1 Å². The second-order valence-electron chi connectivity index (χ2n) is 15.8. The summed E-state index contributed by atoms with van der Waals surface area (Å²) < 4.78 is 26.6. The maximum Gasteiger partial charge on any atom is 0.192 e. The van der Waals surface area contributed by atoms with Gasteiger partial charge in [0.15, 0.2) is 25.0 Å². The molecule has 36 heavy (non-hydrogen) atoms. The lowest BCUT2D eigenvalue weighted by Gasteiger charge is -2.44. The predicted molar refractivity (Wildman–Crippen MR) is 161 cm³/mol. The SMILES string of the molecule is C[C@@H](C[C@@H](C[C@@H](C[C@@H]1O[C@H]1CO)O[Si](C)(C)C(C)(C)C)O[Si](C)(C)C(C)(C)C)O[Si](C)(C)C(C)(C)C. The summed E-state index contributed by atoms with van der Waals surface area (Å²) in [6, 6.07) is 0. The van der Waals surface area contributed by atoms with Gasteiger partial charge in [-0.2, -0.15) is 0 Å². The summed E-state index contributed by atoms with van der Waals surface area (Å²) in [7, 11) is -5.87. The van der Waals surface area contributed by atoms with Crippen LogP contribution in [0.1, 0.15) is 88.5 Å². The van der Waals surface area contributed by atoms with Crippen LogP contribution in [0, 0.1) is 0 Å². The lowest BCUT2D eigenvalue weighted by molar-refractivity contribution is 0.0522. The zero-order chi connectivity index (χ0) is 28.5. The fourth-order valence-corrected chi connectivity index (χ4v) is 7.98. The summed E-state index contributed by atoms with van der Waals surface area (Å²) >= 11 is 0. The number of aliphatic hydroxyl groups excluding tert-OH is 1. The first-order valence-electron chi connectivity index (χ1n) is 14.1. The third kappa shape index (κ3) is 9.88. The lowest BCUT2D eigenvalue weighted by Crippen LogP contribution is -2.49. The quantitative estimate of drug-likeness (QED) is 0.181. The first kappa shape index (κ1) is 34.5. The molecule has 1 aliphatic rings. The molecule has 1 rings (SSSR count). The number of epoxide rings is 1. The number of hydrogen-bond acceptors (Lipinski definition) is 5. The molecule has 0 aromatic heterocycles. The number of rotatable bonds is 13. The summed E-state index contributed by atoms with van der Waals surface area (Å²) in [5, 5.41) is 10.0. The minimum absolute atomic E-state index is 0.0438. The van der Waals surface area contributed by atoms with Crippen LogP contribution in [0.3, 0.4) is 0 Å². The Labute approximate surface area is 227 Å². The highest BCUT2D eigenvalue weighted by Crippen LogP contribution is 2.43. The summed E-state index contributed by atoms with van der Waals surface area (Å²) in [5.41, 5.74) is 0. The van der Waals surface area contributed by atoms with Gasteiger partial charge in [-0.05, 0) is 74.2 Å². The summed E-state index contributed by atoms with van der Waals surface area (Å²) in [6.45, 7) is 37.0. The average Bonchev–Trinajstić information content (AvgIpc) is 3.35. The van der Waals surface area contributed by atoms with E-state index in [2.05, 4.69) is 109 Å². The molecule has 1 fully saturated rings. The largest absolute Gasteiger partial charge is 0.414 e. The molecular weight excluding hydrogens is 501 g/mol. The Kier molecular flexibility index (Phi) is 11.4. The Hall–Kier alpha value is 0.451. The van der Waals surface area contributed by atoms with Gasteiger partial charge in [0.1, 0.15) is 6.10 Å². The molecule has 5 atom stereocenters. The van der Waals surface area contributed by atoms with Crippen LogP contribution < -0.4 is 0 Å². The van der Waals surface area contributed by atoms with Crippen LogP contribution in [0.15, 0.2) is 0 Å². The first-order valence-corrected chi connectivity index (χ1v) is 22.9. The molecule has 0 radical (unpaired) electrons. The van der Waals surface area contributed by atoms with Crippen molar-refractivity contribution >= 4 is 25.0 Å². The van der Waals surface area contributed by atoms with Crippen molar-refractivity contribution in [3.05, 3.63) is 0 Å². The second kappa shape index (κ2) is 11.9. The van der Waals surface area contributed by atoms with E-state index in [1.54, 1.807) is 0 Å². The Morgan fingerprint density at radius 1 is 0.639 bits per heavy atom. The van der Waals surface area contributed by atoms with Crippen molar-refractivity contribution in [2.45, 2.75) is 173 Å². The Balaban J connectivity index is 3.20. The fraction of sp³-hybridized carbons (Fsp3) is 1.00. The van der Waals surface area contributed by atoms with E-state index >= 15 is 0 Å². The van der Waals surface area contributed by atoms with Gasteiger partial charge in [-0.1, -0.05) is 62.3 Å².